The van der Waals surface area contributed by atoms with Crippen LogP contribution in [0.1, 0.15) is 108 Å². The van der Waals surface area contributed by atoms with Gasteiger partial charge in [-0.1, -0.05) is 67.4 Å². The summed E-state index contributed by atoms with van der Waals surface area (Å²) >= 11 is 3.53. The summed E-state index contributed by atoms with van der Waals surface area (Å²) in [6.45, 7) is 3.97. The number of aromatic hydroxyl groups is 1. The SMILES string of the molecule is CC(=O)O[C@H]1CC[C@H]2C3[C@H](CCCCCCCCCBr)Cc4cc(O)ccc4[C@H]3CC[C@]12C. The van der Waals surface area contributed by atoms with E-state index < -0.39 is 0 Å². The Morgan fingerprint density at radius 2 is 1.82 bits per heavy atom. The molecule has 3 nitrogen and oxygen atoms in total. The van der Waals surface area contributed by atoms with Gasteiger partial charge in [0.2, 0.25) is 0 Å². The lowest BCUT2D eigenvalue weighted by Crippen LogP contribution is -2.48. The molecule has 1 N–H and O–H groups in total. The van der Waals surface area contributed by atoms with Crippen LogP contribution in [0.2, 0.25) is 0 Å². The van der Waals surface area contributed by atoms with Gasteiger partial charge in [0.05, 0.1) is 0 Å². The highest BCUT2D eigenvalue weighted by atomic mass is 79.9. The van der Waals surface area contributed by atoms with E-state index in [-0.39, 0.29) is 17.5 Å². The number of unbranched alkanes of at least 4 members (excludes halogenated alkanes) is 6. The normalized spacial score (nSPS) is 32.6. The average molecular weight is 520 g/mol. The van der Waals surface area contributed by atoms with Crippen LogP contribution in [-0.2, 0) is 16.0 Å². The van der Waals surface area contributed by atoms with Gasteiger partial charge in [0.15, 0.2) is 0 Å². The summed E-state index contributed by atoms with van der Waals surface area (Å²) in [6, 6.07) is 6.12. The molecule has 1 aromatic carbocycles. The van der Waals surface area contributed by atoms with Crippen LogP contribution >= 0.6 is 15.9 Å². The van der Waals surface area contributed by atoms with Crippen LogP contribution in [-0.4, -0.2) is 22.5 Å². The maximum Gasteiger partial charge on any atom is 0.302 e. The molecule has 0 aromatic heterocycles. The minimum absolute atomic E-state index is 0.0855. The van der Waals surface area contributed by atoms with E-state index in [1.54, 1.807) is 6.92 Å². The second-order valence-corrected chi connectivity index (χ2v) is 12.1. The van der Waals surface area contributed by atoms with Gasteiger partial charge in [-0.3, -0.25) is 4.79 Å². The summed E-state index contributed by atoms with van der Waals surface area (Å²) in [7, 11) is 0. The minimum Gasteiger partial charge on any atom is -0.508 e. The predicted molar refractivity (Wildman–Crippen MR) is 138 cm³/mol. The van der Waals surface area contributed by atoms with Crippen molar-refractivity contribution in [1.29, 1.82) is 0 Å². The van der Waals surface area contributed by atoms with E-state index in [2.05, 4.69) is 28.9 Å². The quantitative estimate of drug-likeness (QED) is 0.194. The molecule has 0 aliphatic heterocycles. The smallest absolute Gasteiger partial charge is 0.302 e. The van der Waals surface area contributed by atoms with Crippen molar-refractivity contribution in [3.63, 3.8) is 0 Å². The Morgan fingerprint density at radius 3 is 2.55 bits per heavy atom. The molecule has 0 radical (unpaired) electrons. The van der Waals surface area contributed by atoms with Crippen LogP contribution in [0.15, 0.2) is 18.2 Å². The third-order valence-electron chi connectivity index (χ3n) is 9.31. The van der Waals surface area contributed by atoms with Crippen LogP contribution in [0, 0.1) is 23.2 Å². The lowest BCUT2D eigenvalue weighted by molar-refractivity contribution is -0.155. The number of alkyl halides is 1. The number of carbonyl (C=O) groups is 1. The molecule has 2 saturated carbocycles. The fourth-order valence-electron chi connectivity index (χ4n) is 7.79. The number of benzene rings is 1. The first kappa shape index (κ1) is 25.1. The van der Waals surface area contributed by atoms with Crippen LogP contribution in [0.3, 0.4) is 0 Å². The monoisotopic (exact) mass is 518 g/mol. The van der Waals surface area contributed by atoms with E-state index in [1.165, 1.54) is 75.3 Å². The molecule has 0 spiro atoms. The summed E-state index contributed by atoms with van der Waals surface area (Å²) in [5, 5.41) is 11.3. The molecule has 2 fully saturated rings. The Balaban J connectivity index is 1.46. The first-order chi connectivity index (χ1) is 15.9. The first-order valence-corrected chi connectivity index (χ1v) is 14.6. The molecule has 0 bridgehead atoms. The average Bonchev–Trinajstić information content (AvgIpc) is 3.10. The van der Waals surface area contributed by atoms with Gasteiger partial charge in [-0.2, -0.15) is 0 Å². The second kappa shape index (κ2) is 11.1. The Kier molecular flexibility index (Phi) is 8.46. The topological polar surface area (TPSA) is 46.5 Å². The molecular weight excluding hydrogens is 476 g/mol. The summed E-state index contributed by atoms with van der Waals surface area (Å²) in [5.41, 5.74) is 2.99. The largest absolute Gasteiger partial charge is 0.508 e. The van der Waals surface area contributed by atoms with E-state index in [9.17, 15) is 9.90 Å². The molecule has 0 saturated heterocycles. The van der Waals surface area contributed by atoms with Gasteiger partial charge in [-0.25, -0.2) is 0 Å². The number of hydrogen-bond acceptors (Lipinski definition) is 3. The number of halogens is 1. The third-order valence-corrected chi connectivity index (χ3v) is 9.88. The lowest BCUT2D eigenvalue weighted by atomic mass is 9.52. The maximum atomic E-state index is 11.8. The zero-order chi connectivity index (χ0) is 23.4. The van der Waals surface area contributed by atoms with Crippen molar-refractivity contribution < 1.29 is 14.6 Å². The molecule has 6 atom stereocenters. The number of rotatable bonds is 10. The van der Waals surface area contributed by atoms with Crippen LogP contribution in [0.5, 0.6) is 5.75 Å². The fourth-order valence-corrected chi connectivity index (χ4v) is 8.19. The van der Waals surface area contributed by atoms with Crippen molar-refractivity contribution in [2.24, 2.45) is 23.2 Å². The summed E-state index contributed by atoms with van der Waals surface area (Å²) in [5.74, 6) is 2.88. The van der Waals surface area contributed by atoms with Gasteiger partial charge in [0, 0.05) is 17.7 Å². The zero-order valence-electron chi connectivity index (χ0n) is 20.7. The van der Waals surface area contributed by atoms with E-state index in [0.717, 1.165) is 24.6 Å². The van der Waals surface area contributed by atoms with Gasteiger partial charge in [0.25, 0.3) is 0 Å². The first-order valence-electron chi connectivity index (χ1n) is 13.5. The molecule has 33 heavy (non-hydrogen) atoms. The standard InChI is InChI=1S/C29H43BrO3/c1-20(31)33-27-14-13-26-28-21(10-8-6-4-3-5-7-9-17-30)18-22-19-23(32)11-12-24(22)25(28)15-16-29(26,27)2/h11-12,19,21,25-28,32H,3-10,13-18H2,1-2H3/t21-,25-,26+,27+,28?,29+/m1/s1. The van der Waals surface area contributed by atoms with Gasteiger partial charge >= 0.3 is 5.97 Å². The number of phenols is 1. The number of esters is 1. The third kappa shape index (κ3) is 5.46. The molecule has 1 unspecified atom stereocenters. The van der Waals surface area contributed by atoms with Crippen molar-refractivity contribution in [2.45, 2.75) is 109 Å². The fraction of sp³-hybridized carbons (Fsp3) is 0.759. The van der Waals surface area contributed by atoms with Gasteiger partial charge < -0.3 is 9.84 Å². The van der Waals surface area contributed by atoms with E-state index in [4.69, 9.17) is 4.74 Å². The second-order valence-electron chi connectivity index (χ2n) is 11.3. The van der Waals surface area contributed by atoms with Crippen LogP contribution in [0.4, 0.5) is 0 Å². The van der Waals surface area contributed by atoms with Crippen LogP contribution < -0.4 is 0 Å². The van der Waals surface area contributed by atoms with E-state index in [0.29, 0.717) is 29.4 Å². The van der Waals surface area contributed by atoms with Crippen molar-refractivity contribution in [2.75, 3.05) is 5.33 Å². The van der Waals surface area contributed by atoms with E-state index in [1.807, 2.05) is 12.1 Å². The Labute approximate surface area is 209 Å². The number of ether oxygens (including phenoxy) is 1. The Morgan fingerprint density at radius 1 is 1.09 bits per heavy atom. The Hall–Kier alpha value is -1.03. The molecule has 184 valence electrons. The van der Waals surface area contributed by atoms with Gasteiger partial charge in [0.1, 0.15) is 11.9 Å². The maximum absolute atomic E-state index is 11.8. The molecule has 3 aliphatic rings. The highest BCUT2D eigenvalue weighted by Crippen LogP contribution is 2.63. The summed E-state index contributed by atoms with van der Waals surface area (Å²) in [4.78, 5) is 11.8. The minimum atomic E-state index is -0.124. The highest BCUT2D eigenvalue weighted by molar-refractivity contribution is 9.09. The van der Waals surface area contributed by atoms with Gasteiger partial charge in [-0.05, 0) is 91.9 Å². The van der Waals surface area contributed by atoms with Crippen molar-refractivity contribution >= 4 is 21.9 Å². The molecule has 3 aliphatic carbocycles. The molecule has 0 amide bonds. The van der Waals surface area contributed by atoms with Crippen molar-refractivity contribution in [3.05, 3.63) is 29.3 Å². The molecule has 0 heterocycles. The Bertz CT molecular complexity index is 808. The zero-order valence-corrected chi connectivity index (χ0v) is 22.2. The van der Waals surface area contributed by atoms with E-state index >= 15 is 0 Å². The van der Waals surface area contributed by atoms with Crippen molar-refractivity contribution in [1.82, 2.24) is 0 Å². The van der Waals surface area contributed by atoms with Gasteiger partial charge in [-0.15, -0.1) is 0 Å². The van der Waals surface area contributed by atoms with Crippen LogP contribution in [0.25, 0.3) is 0 Å². The summed E-state index contributed by atoms with van der Waals surface area (Å²) in [6.07, 6.45) is 16.4. The number of fused-ring (bicyclic) bond motifs is 5. The molecule has 1 aromatic rings. The number of hydrogen-bond donors (Lipinski definition) is 1. The lowest BCUT2D eigenvalue weighted by Gasteiger charge is -2.53. The summed E-state index contributed by atoms with van der Waals surface area (Å²) < 4.78 is 5.86. The highest BCUT2D eigenvalue weighted by Gasteiger charge is 2.57. The van der Waals surface area contributed by atoms with Crippen molar-refractivity contribution in [3.8, 4) is 5.75 Å². The molecule has 4 rings (SSSR count). The number of carbonyl (C=O) groups excluding carboxylic acids is 1. The predicted octanol–water partition coefficient (Wildman–Crippen LogP) is 7.92. The number of phenolic OH excluding ortho intramolecular Hbond substituents is 1. The molecular formula is C29H43BrO3. The molecule has 4 heteroatoms.